The molecule has 0 radical (unpaired) electrons. The molecule has 2 N–H and O–H groups in total. The second kappa shape index (κ2) is 9.85. The molecule has 0 fully saturated rings. The molecule has 0 aliphatic carbocycles. The van der Waals surface area contributed by atoms with Crippen LogP contribution in [-0.4, -0.2) is 42.3 Å². The summed E-state index contributed by atoms with van der Waals surface area (Å²) in [5, 5.41) is 14.6. The number of aryl methyl sites for hydroxylation is 2. The van der Waals surface area contributed by atoms with Crippen molar-refractivity contribution in [2.45, 2.75) is 26.2 Å². The van der Waals surface area contributed by atoms with E-state index in [4.69, 9.17) is 4.74 Å². The molecule has 1 aromatic heterocycles. The van der Waals surface area contributed by atoms with E-state index in [1.807, 2.05) is 31.2 Å². The lowest BCUT2D eigenvalue weighted by Crippen LogP contribution is -2.26. The Morgan fingerprint density at radius 1 is 1.24 bits per heavy atom. The Hall–Kier alpha value is -2.32. The molecule has 134 valence electrons. The van der Waals surface area contributed by atoms with Gasteiger partial charge in [-0.25, -0.2) is 0 Å². The van der Waals surface area contributed by atoms with E-state index >= 15 is 0 Å². The van der Waals surface area contributed by atoms with E-state index in [1.165, 1.54) is 11.3 Å². The zero-order valence-electron chi connectivity index (χ0n) is 14.4. The van der Waals surface area contributed by atoms with Crippen LogP contribution in [0.4, 0.5) is 5.69 Å². The van der Waals surface area contributed by atoms with Crippen molar-refractivity contribution in [3.63, 3.8) is 0 Å². The molecule has 0 bridgehead atoms. The summed E-state index contributed by atoms with van der Waals surface area (Å²) in [5.74, 6) is -0.283. The van der Waals surface area contributed by atoms with Gasteiger partial charge in [-0.3, -0.25) is 9.59 Å². The maximum Gasteiger partial charge on any atom is 0.286 e. The summed E-state index contributed by atoms with van der Waals surface area (Å²) < 4.78 is 4.87. The molecule has 0 unspecified atom stereocenters. The number of methoxy groups -OCH3 is 1. The van der Waals surface area contributed by atoms with Crippen molar-refractivity contribution < 1.29 is 14.3 Å². The molecule has 2 amide bonds. The second-order valence-corrected chi connectivity index (χ2v) is 6.53. The van der Waals surface area contributed by atoms with E-state index in [0.717, 1.165) is 16.3 Å². The van der Waals surface area contributed by atoms with Gasteiger partial charge in [-0.15, -0.1) is 10.2 Å². The molecular weight excluding hydrogens is 340 g/mol. The van der Waals surface area contributed by atoms with Crippen LogP contribution in [0.15, 0.2) is 24.3 Å². The minimum absolute atomic E-state index is 0.0147. The number of anilines is 1. The molecule has 2 aromatic rings. The topological polar surface area (TPSA) is 93.2 Å². The van der Waals surface area contributed by atoms with E-state index in [2.05, 4.69) is 20.8 Å². The molecular formula is C17H22N4O3S. The third kappa shape index (κ3) is 6.24. The summed E-state index contributed by atoms with van der Waals surface area (Å²) in [5.41, 5.74) is 1.75. The Morgan fingerprint density at radius 2 is 2.04 bits per heavy atom. The Balaban J connectivity index is 1.78. The second-order valence-electron chi connectivity index (χ2n) is 5.47. The van der Waals surface area contributed by atoms with Gasteiger partial charge >= 0.3 is 0 Å². The Bertz CT molecular complexity index is 717. The summed E-state index contributed by atoms with van der Waals surface area (Å²) >= 11 is 1.25. The van der Waals surface area contributed by atoms with E-state index in [1.54, 1.807) is 7.11 Å². The Kier molecular flexibility index (Phi) is 7.49. The predicted octanol–water partition coefficient (Wildman–Crippen LogP) is 2.18. The number of benzene rings is 1. The number of hydrogen-bond acceptors (Lipinski definition) is 6. The van der Waals surface area contributed by atoms with E-state index in [0.29, 0.717) is 37.4 Å². The molecule has 1 heterocycles. The van der Waals surface area contributed by atoms with Crippen LogP contribution in [0.3, 0.4) is 0 Å². The first-order valence-electron chi connectivity index (χ1n) is 8.05. The standard InChI is InChI=1S/C17H22N4O3S/c1-12-6-3-4-7-13(12)19-16(23)17-21-20-15(25-17)9-5-8-14(22)18-10-11-24-2/h3-4,6-7H,5,8-11H2,1-2H3,(H,18,22)(H,19,23). The number of carbonyl (C=O) groups excluding carboxylic acids is 2. The van der Waals surface area contributed by atoms with Crippen molar-refractivity contribution in [1.82, 2.24) is 15.5 Å². The first kappa shape index (κ1) is 19.0. The summed E-state index contributed by atoms with van der Waals surface area (Å²) in [6, 6.07) is 7.56. The molecule has 0 saturated heterocycles. The smallest absolute Gasteiger partial charge is 0.286 e. The van der Waals surface area contributed by atoms with Crippen molar-refractivity contribution >= 4 is 28.8 Å². The summed E-state index contributed by atoms with van der Waals surface area (Å²) in [6.45, 7) is 2.94. The fourth-order valence-corrected chi connectivity index (χ4v) is 2.89. The zero-order valence-corrected chi connectivity index (χ0v) is 15.2. The first-order valence-corrected chi connectivity index (χ1v) is 8.87. The molecule has 0 saturated carbocycles. The molecule has 2 rings (SSSR count). The highest BCUT2D eigenvalue weighted by Crippen LogP contribution is 2.17. The van der Waals surface area contributed by atoms with Gasteiger partial charge < -0.3 is 15.4 Å². The largest absolute Gasteiger partial charge is 0.383 e. The highest BCUT2D eigenvalue weighted by molar-refractivity contribution is 7.13. The van der Waals surface area contributed by atoms with Crippen LogP contribution >= 0.6 is 11.3 Å². The summed E-state index contributed by atoms with van der Waals surface area (Å²) in [4.78, 5) is 23.8. The number of aromatic nitrogens is 2. The Morgan fingerprint density at radius 3 is 2.80 bits per heavy atom. The van der Waals surface area contributed by atoms with Crippen molar-refractivity contribution in [1.29, 1.82) is 0 Å². The number of para-hydroxylation sites is 1. The molecule has 1 aromatic carbocycles. The molecule has 0 aliphatic heterocycles. The fourth-order valence-electron chi connectivity index (χ4n) is 2.12. The van der Waals surface area contributed by atoms with Crippen molar-refractivity contribution in [2.24, 2.45) is 0 Å². The van der Waals surface area contributed by atoms with Gasteiger partial charge in [0.05, 0.1) is 6.61 Å². The number of carbonyl (C=O) groups is 2. The zero-order chi connectivity index (χ0) is 18.1. The number of nitrogens with zero attached hydrogens (tertiary/aromatic N) is 2. The van der Waals surface area contributed by atoms with Gasteiger partial charge in [0.15, 0.2) is 0 Å². The molecule has 25 heavy (non-hydrogen) atoms. The lowest BCUT2D eigenvalue weighted by molar-refractivity contribution is -0.121. The third-order valence-electron chi connectivity index (χ3n) is 3.48. The van der Waals surface area contributed by atoms with Gasteiger partial charge in [0, 0.05) is 32.2 Å². The minimum Gasteiger partial charge on any atom is -0.383 e. The fraction of sp³-hybridized carbons (Fsp3) is 0.412. The first-order chi connectivity index (χ1) is 12.1. The molecule has 7 nitrogen and oxygen atoms in total. The lowest BCUT2D eigenvalue weighted by atomic mass is 10.2. The van der Waals surface area contributed by atoms with Crippen molar-refractivity contribution in [3.05, 3.63) is 39.8 Å². The molecule has 0 spiro atoms. The Labute approximate surface area is 150 Å². The summed E-state index contributed by atoms with van der Waals surface area (Å²) in [6.07, 6.45) is 1.69. The van der Waals surface area contributed by atoms with Crippen LogP contribution in [0, 0.1) is 6.92 Å². The SMILES string of the molecule is COCCNC(=O)CCCc1nnc(C(=O)Nc2ccccc2C)s1. The van der Waals surface area contributed by atoms with Crippen molar-refractivity contribution in [2.75, 3.05) is 25.6 Å². The van der Waals surface area contributed by atoms with Gasteiger partial charge in [0.2, 0.25) is 10.9 Å². The normalized spacial score (nSPS) is 10.5. The molecule has 0 aliphatic rings. The van der Waals surface area contributed by atoms with Crippen LogP contribution in [-0.2, 0) is 16.0 Å². The lowest BCUT2D eigenvalue weighted by Gasteiger charge is -2.05. The number of rotatable bonds is 9. The van der Waals surface area contributed by atoms with Gasteiger partial charge in [0.25, 0.3) is 5.91 Å². The number of ether oxygens (including phenoxy) is 1. The van der Waals surface area contributed by atoms with E-state index in [-0.39, 0.29) is 11.8 Å². The summed E-state index contributed by atoms with van der Waals surface area (Å²) in [7, 11) is 1.59. The van der Waals surface area contributed by atoms with Gasteiger partial charge in [-0.1, -0.05) is 29.5 Å². The molecule has 0 atom stereocenters. The maximum absolute atomic E-state index is 12.2. The van der Waals surface area contributed by atoms with Crippen LogP contribution in [0.1, 0.15) is 33.2 Å². The van der Waals surface area contributed by atoms with Gasteiger partial charge in [-0.2, -0.15) is 0 Å². The average molecular weight is 362 g/mol. The van der Waals surface area contributed by atoms with Crippen LogP contribution < -0.4 is 10.6 Å². The van der Waals surface area contributed by atoms with E-state index in [9.17, 15) is 9.59 Å². The van der Waals surface area contributed by atoms with Crippen LogP contribution in [0.5, 0.6) is 0 Å². The highest BCUT2D eigenvalue weighted by atomic mass is 32.1. The number of nitrogens with one attached hydrogen (secondary N) is 2. The van der Waals surface area contributed by atoms with Gasteiger partial charge in [-0.05, 0) is 25.0 Å². The van der Waals surface area contributed by atoms with Crippen molar-refractivity contribution in [3.8, 4) is 0 Å². The average Bonchev–Trinajstić information content (AvgIpc) is 3.06. The number of amides is 2. The van der Waals surface area contributed by atoms with Gasteiger partial charge in [0.1, 0.15) is 5.01 Å². The number of hydrogen-bond donors (Lipinski definition) is 2. The monoisotopic (exact) mass is 362 g/mol. The minimum atomic E-state index is -0.268. The molecule has 8 heteroatoms. The highest BCUT2D eigenvalue weighted by Gasteiger charge is 2.14. The van der Waals surface area contributed by atoms with Crippen LogP contribution in [0.2, 0.25) is 0 Å². The maximum atomic E-state index is 12.2. The third-order valence-corrected chi connectivity index (χ3v) is 4.46. The van der Waals surface area contributed by atoms with E-state index < -0.39 is 0 Å². The van der Waals surface area contributed by atoms with Crippen LogP contribution in [0.25, 0.3) is 0 Å². The predicted molar refractivity (Wildman–Crippen MR) is 96.9 cm³/mol. The quantitative estimate of drug-likeness (QED) is 0.667.